The number of amides is 1. The number of rotatable bonds is 7. The van der Waals surface area contributed by atoms with Gasteiger partial charge in [-0.2, -0.15) is 0 Å². The predicted octanol–water partition coefficient (Wildman–Crippen LogP) is 3.03. The second-order valence-corrected chi connectivity index (χ2v) is 6.94. The monoisotopic (exact) mass is 272 g/mol. The van der Waals surface area contributed by atoms with Crippen molar-refractivity contribution in [3.8, 4) is 0 Å². The summed E-state index contributed by atoms with van der Waals surface area (Å²) in [5.41, 5.74) is -0.437. The fourth-order valence-electron chi connectivity index (χ4n) is 1.63. The second-order valence-electron chi connectivity index (χ2n) is 6.94. The van der Waals surface area contributed by atoms with Gasteiger partial charge >= 0.3 is 6.09 Å². The Balaban J connectivity index is 4.04. The van der Waals surface area contributed by atoms with Crippen molar-refractivity contribution in [2.75, 3.05) is 19.6 Å². The topological polar surface area (TPSA) is 50.4 Å². The number of ether oxygens (including phenoxy) is 1. The second kappa shape index (κ2) is 8.41. The summed E-state index contributed by atoms with van der Waals surface area (Å²) in [5, 5.41) is 6.30. The normalized spacial score (nSPS) is 13.7. The summed E-state index contributed by atoms with van der Waals surface area (Å²) in [6.45, 7) is 16.9. The third-order valence-corrected chi connectivity index (χ3v) is 2.81. The molecule has 0 aliphatic carbocycles. The first kappa shape index (κ1) is 18.2. The molecule has 1 unspecified atom stereocenters. The van der Waals surface area contributed by atoms with Crippen LogP contribution in [0.15, 0.2) is 0 Å². The van der Waals surface area contributed by atoms with E-state index in [1.54, 1.807) is 0 Å². The molecule has 1 atom stereocenters. The lowest BCUT2D eigenvalue weighted by Crippen LogP contribution is -2.40. The number of hydrogen-bond donors (Lipinski definition) is 2. The molecule has 0 fully saturated rings. The van der Waals surface area contributed by atoms with Crippen molar-refractivity contribution in [2.24, 2.45) is 17.8 Å². The van der Waals surface area contributed by atoms with Crippen LogP contribution in [0, 0.1) is 17.8 Å². The van der Waals surface area contributed by atoms with E-state index >= 15 is 0 Å². The number of alkyl carbamates (subject to hydrolysis) is 1. The Morgan fingerprint density at radius 2 is 1.63 bits per heavy atom. The summed E-state index contributed by atoms with van der Waals surface area (Å²) < 4.78 is 5.24. The van der Waals surface area contributed by atoms with E-state index in [0.717, 1.165) is 13.1 Å². The first-order chi connectivity index (χ1) is 8.61. The number of carbonyl (C=O) groups excluding carboxylic acids is 1. The highest BCUT2D eigenvalue weighted by Crippen LogP contribution is 2.10. The van der Waals surface area contributed by atoms with Crippen LogP contribution in [0.1, 0.15) is 48.5 Å². The molecule has 2 N–H and O–H groups in total. The first-order valence-corrected chi connectivity index (χ1v) is 7.29. The SMILES string of the molecule is CC(C)CNCC(CNC(=O)OC(C)(C)C)C(C)C. The molecule has 0 aromatic heterocycles. The molecule has 0 aliphatic heterocycles. The van der Waals surface area contributed by atoms with Gasteiger partial charge in [0.2, 0.25) is 0 Å². The van der Waals surface area contributed by atoms with Crippen LogP contribution in [-0.4, -0.2) is 31.3 Å². The predicted molar refractivity (Wildman–Crippen MR) is 80.3 cm³/mol. The van der Waals surface area contributed by atoms with Crippen molar-refractivity contribution in [3.63, 3.8) is 0 Å². The molecule has 0 saturated heterocycles. The maximum Gasteiger partial charge on any atom is 0.407 e. The summed E-state index contributed by atoms with van der Waals surface area (Å²) in [7, 11) is 0. The van der Waals surface area contributed by atoms with E-state index in [-0.39, 0.29) is 6.09 Å². The Bertz CT molecular complexity index is 257. The lowest BCUT2D eigenvalue weighted by molar-refractivity contribution is 0.0515. The van der Waals surface area contributed by atoms with Gasteiger partial charge in [-0.25, -0.2) is 4.79 Å². The Morgan fingerprint density at radius 1 is 1.05 bits per heavy atom. The van der Waals surface area contributed by atoms with Crippen LogP contribution in [0.25, 0.3) is 0 Å². The van der Waals surface area contributed by atoms with Crippen LogP contribution in [0.2, 0.25) is 0 Å². The van der Waals surface area contributed by atoms with Crippen molar-refractivity contribution in [2.45, 2.75) is 54.1 Å². The van der Waals surface area contributed by atoms with Gasteiger partial charge in [0.25, 0.3) is 0 Å². The highest BCUT2D eigenvalue weighted by atomic mass is 16.6. The summed E-state index contributed by atoms with van der Waals surface area (Å²) >= 11 is 0. The van der Waals surface area contributed by atoms with E-state index in [2.05, 4.69) is 38.3 Å². The van der Waals surface area contributed by atoms with Gasteiger partial charge in [0.05, 0.1) is 0 Å². The number of carbonyl (C=O) groups is 1. The molecule has 19 heavy (non-hydrogen) atoms. The van der Waals surface area contributed by atoms with Crippen molar-refractivity contribution in [1.82, 2.24) is 10.6 Å². The fraction of sp³-hybridized carbons (Fsp3) is 0.933. The molecule has 0 bridgehead atoms. The lowest BCUT2D eigenvalue weighted by Gasteiger charge is -2.24. The number of nitrogens with one attached hydrogen (secondary N) is 2. The smallest absolute Gasteiger partial charge is 0.407 e. The molecule has 4 nitrogen and oxygen atoms in total. The van der Waals surface area contributed by atoms with Gasteiger partial charge in [-0.3, -0.25) is 0 Å². The molecule has 0 aromatic rings. The minimum absolute atomic E-state index is 0.331. The van der Waals surface area contributed by atoms with Gasteiger partial charge in [0.1, 0.15) is 5.60 Å². The Labute approximate surface area is 118 Å². The van der Waals surface area contributed by atoms with Crippen molar-refractivity contribution in [1.29, 1.82) is 0 Å². The maximum atomic E-state index is 11.6. The van der Waals surface area contributed by atoms with E-state index in [9.17, 15) is 4.79 Å². The van der Waals surface area contributed by atoms with Crippen LogP contribution in [0.3, 0.4) is 0 Å². The molecular formula is C15H32N2O2. The molecule has 0 aliphatic rings. The van der Waals surface area contributed by atoms with Crippen molar-refractivity contribution in [3.05, 3.63) is 0 Å². The van der Waals surface area contributed by atoms with Gasteiger partial charge in [0, 0.05) is 6.54 Å². The van der Waals surface area contributed by atoms with Crippen LogP contribution < -0.4 is 10.6 Å². The average Bonchev–Trinajstić information content (AvgIpc) is 2.19. The Hall–Kier alpha value is -0.770. The van der Waals surface area contributed by atoms with Gasteiger partial charge in [-0.15, -0.1) is 0 Å². The minimum Gasteiger partial charge on any atom is -0.444 e. The van der Waals surface area contributed by atoms with E-state index in [0.29, 0.717) is 24.3 Å². The minimum atomic E-state index is -0.437. The molecule has 114 valence electrons. The Morgan fingerprint density at radius 3 is 2.05 bits per heavy atom. The highest BCUT2D eigenvalue weighted by molar-refractivity contribution is 5.67. The van der Waals surface area contributed by atoms with Crippen LogP contribution in [-0.2, 0) is 4.74 Å². The summed E-state index contributed by atoms with van der Waals surface area (Å²) in [6.07, 6.45) is -0.331. The maximum absolute atomic E-state index is 11.6. The third kappa shape index (κ3) is 10.8. The van der Waals surface area contributed by atoms with Crippen LogP contribution >= 0.6 is 0 Å². The molecule has 0 saturated carbocycles. The molecule has 0 aromatic carbocycles. The lowest BCUT2D eigenvalue weighted by atomic mass is 9.95. The fourth-order valence-corrected chi connectivity index (χ4v) is 1.63. The largest absolute Gasteiger partial charge is 0.444 e. The molecule has 0 radical (unpaired) electrons. The summed E-state index contributed by atoms with van der Waals surface area (Å²) in [6, 6.07) is 0. The van der Waals surface area contributed by atoms with E-state index < -0.39 is 5.60 Å². The van der Waals surface area contributed by atoms with E-state index in [1.807, 2.05) is 20.8 Å². The van der Waals surface area contributed by atoms with E-state index in [4.69, 9.17) is 4.74 Å². The Kier molecular flexibility index (Phi) is 8.07. The van der Waals surface area contributed by atoms with Crippen molar-refractivity contribution >= 4 is 6.09 Å². The number of hydrogen-bond acceptors (Lipinski definition) is 3. The first-order valence-electron chi connectivity index (χ1n) is 7.29. The zero-order valence-electron chi connectivity index (χ0n) is 13.7. The van der Waals surface area contributed by atoms with Gasteiger partial charge in [-0.05, 0) is 51.6 Å². The highest BCUT2D eigenvalue weighted by Gasteiger charge is 2.18. The average molecular weight is 272 g/mol. The molecule has 0 spiro atoms. The quantitative estimate of drug-likeness (QED) is 0.749. The van der Waals surface area contributed by atoms with Gasteiger partial charge in [-0.1, -0.05) is 27.7 Å². The molecule has 1 amide bonds. The zero-order valence-corrected chi connectivity index (χ0v) is 13.7. The van der Waals surface area contributed by atoms with Crippen LogP contribution in [0.5, 0.6) is 0 Å². The summed E-state index contributed by atoms with van der Waals surface area (Å²) in [5.74, 6) is 1.59. The van der Waals surface area contributed by atoms with Gasteiger partial charge in [0.15, 0.2) is 0 Å². The zero-order chi connectivity index (χ0) is 15.1. The third-order valence-electron chi connectivity index (χ3n) is 2.81. The molecule has 0 rings (SSSR count). The van der Waals surface area contributed by atoms with Crippen molar-refractivity contribution < 1.29 is 9.53 Å². The van der Waals surface area contributed by atoms with Crippen LogP contribution in [0.4, 0.5) is 4.79 Å². The summed E-state index contributed by atoms with van der Waals surface area (Å²) in [4.78, 5) is 11.6. The van der Waals surface area contributed by atoms with Gasteiger partial charge < -0.3 is 15.4 Å². The van der Waals surface area contributed by atoms with E-state index in [1.165, 1.54) is 0 Å². The molecular weight excluding hydrogens is 240 g/mol. The standard InChI is InChI=1S/C15H32N2O2/c1-11(2)8-16-9-13(12(3)4)10-17-14(18)19-15(5,6)7/h11-13,16H,8-10H2,1-7H3,(H,17,18). The molecule has 4 heteroatoms. The molecule has 0 heterocycles.